The maximum Gasteiger partial charge on any atom is 0.0618 e. The van der Waals surface area contributed by atoms with Crippen LogP contribution in [0.2, 0.25) is 0 Å². The Morgan fingerprint density at radius 2 is 2.00 bits per heavy atom. The SMILES string of the molecule is COCC(NCCCN1CCCCC1)C1CC1. The molecule has 0 aromatic carbocycles. The Kier molecular flexibility index (Phi) is 5.75. The second-order valence-electron chi connectivity index (χ2n) is 5.61. The topological polar surface area (TPSA) is 24.5 Å². The van der Waals surface area contributed by atoms with E-state index in [-0.39, 0.29) is 0 Å². The van der Waals surface area contributed by atoms with Gasteiger partial charge in [-0.15, -0.1) is 0 Å². The number of methoxy groups -OCH3 is 1. The molecule has 1 heterocycles. The summed E-state index contributed by atoms with van der Waals surface area (Å²) in [5.74, 6) is 0.893. The van der Waals surface area contributed by atoms with Gasteiger partial charge < -0.3 is 15.0 Å². The van der Waals surface area contributed by atoms with Gasteiger partial charge in [-0.3, -0.25) is 0 Å². The van der Waals surface area contributed by atoms with Crippen molar-refractivity contribution in [2.45, 2.75) is 44.6 Å². The van der Waals surface area contributed by atoms with Crippen LogP contribution in [0.3, 0.4) is 0 Å². The quantitative estimate of drug-likeness (QED) is 0.656. The molecule has 0 aromatic heterocycles. The number of ether oxygens (including phenoxy) is 1. The van der Waals surface area contributed by atoms with Crippen LogP contribution >= 0.6 is 0 Å². The molecule has 3 nitrogen and oxygen atoms in total. The van der Waals surface area contributed by atoms with E-state index in [0.29, 0.717) is 6.04 Å². The summed E-state index contributed by atoms with van der Waals surface area (Å²) in [6.07, 6.45) is 8.32. The van der Waals surface area contributed by atoms with Crippen molar-refractivity contribution in [1.29, 1.82) is 0 Å². The molecule has 3 heteroatoms. The van der Waals surface area contributed by atoms with Crippen LogP contribution in [-0.4, -0.2) is 50.8 Å². The molecule has 0 bridgehead atoms. The maximum atomic E-state index is 5.28. The van der Waals surface area contributed by atoms with Gasteiger partial charge in [-0.2, -0.15) is 0 Å². The van der Waals surface area contributed by atoms with E-state index in [1.54, 1.807) is 0 Å². The fraction of sp³-hybridized carbons (Fsp3) is 1.00. The van der Waals surface area contributed by atoms with E-state index >= 15 is 0 Å². The van der Waals surface area contributed by atoms with Crippen LogP contribution in [0.15, 0.2) is 0 Å². The van der Waals surface area contributed by atoms with Gasteiger partial charge >= 0.3 is 0 Å². The van der Waals surface area contributed by atoms with Crippen LogP contribution in [-0.2, 0) is 4.74 Å². The van der Waals surface area contributed by atoms with Crippen molar-refractivity contribution in [3.05, 3.63) is 0 Å². The summed E-state index contributed by atoms with van der Waals surface area (Å²) in [5, 5.41) is 3.67. The zero-order valence-electron chi connectivity index (χ0n) is 11.3. The summed E-state index contributed by atoms with van der Waals surface area (Å²) in [6, 6.07) is 0.612. The highest BCUT2D eigenvalue weighted by atomic mass is 16.5. The fourth-order valence-electron chi connectivity index (χ4n) is 2.81. The number of nitrogens with zero attached hydrogens (tertiary/aromatic N) is 1. The zero-order chi connectivity index (χ0) is 11.9. The van der Waals surface area contributed by atoms with Crippen molar-refractivity contribution in [3.8, 4) is 0 Å². The molecule has 1 aliphatic carbocycles. The molecule has 2 aliphatic rings. The van der Waals surface area contributed by atoms with Gasteiger partial charge in [0.15, 0.2) is 0 Å². The predicted octanol–water partition coefficient (Wildman–Crippen LogP) is 1.88. The molecule has 1 N–H and O–H groups in total. The summed E-state index contributed by atoms with van der Waals surface area (Å²) in [4.78, 5) is 2.62. The highest BCUT2D eigenvalue weighted by Gasteiger charge is 2.30. The molecule has 1 saturated heterocycles. The van der Waals surface area contributed by atoms with E-state index in [9.17, 15) is 0 Å². The number of rotatable bonds is 8. The molecule has 2 fully saturated rings. The summed E-state index contributed by atoms with van der Waals surface area (Å²) in [7, 11) is 1.81. The zero-order valence-corrected chi connectivity index (χ0v) is 11.3. The summed E-state index contributed by atoms with van der Waals surface area (Å²) in [6.45, 7) is 5.96. The van der Waals surface area contributed by atoms with Gasteiger partial charge in [0.2, 0.25) is 0 Å². The van der Waals surface area contributed by atoms with E-state index in [1.165, 1.54) is 58.2 Å². The lowest BCUT2D eigenvalue weighted by Crippen LogP contribution is -2.38. The molecule has 1 atom stereocenters. The van der Waals surface area contributed by atoms with Crippen molar-refractivity contribution in [2.75, 3.05) is 39.9 Å². The second-order valence-corrected chi connectivity index (χ2v) is 5.61. The van der Waals surface area contributed by atoms with Crippen LogP contribution in [0.4, 0.5) is 0 Å². The molecule has 0 aromatic rings. The molecule has 0 amide bonds. The van der Waals surface area contributed by atoms with E-state index in [4.69, 9.17) is 4.74 Å². The summed E-state index contributed by atoms with van der Waals surface area (Å²) >= 11 is 0. The Hall–Kier alpha value is -0.120. The largest absolute Gasteiger partial charge is 0.383 e. The third-order valence-electron chi connectivity index (χ3n) is 4.04. The van der Waals surface area contributed by atoms with Crippen LogP contribution in [0, 0.1) is 5.92 Å². The highest BCUT2D eigenvalue weighted by Crippen LogP contribution is 2.32. The van der Waals surface area contributed by atoms with Crippen molar-refractivity contribution < 1.29 is 4.74 Å². The Morgan fingerprint density at radius 1 is 1.24 bits per heavy atom. The number of hydrogen-bond acceptors (Lipinski definition) is 3. The fourth-order valence-corrected chi connectivity index (χ4v) is 2.81. The third-order valence-corrected chi connectivity index (χ3v) is 4.04. The van der Waals surface area contributed by atoms with Gasteiger partial charge in [-0.1, -0.05) is 6.42 Å². The van der Waals surface area contributed by atoms with Crippen molar-refractivity contribution in [3.63, 3.8) is 0 Å². The van der Waals surface area contributed by atoms with Gasteiger partial charge in [0.05, 0.1) is 6.61 Å². The average Bonchev–Trinajstić information content (AvgIpc) is 3.19. The van der Waals surface area contributed by atoms with E-state index in [1.807, 2.05) is 7.11 Å². The lowest BCUT2D eigenvalue weighted by Gasteiger charge is -2.26. The average molecular weight is 240 g/mol. The smallest absolute Gasteiger partial charge is 0.0618 e. The molecule has 2 rings (SSSR count). The second kappa shape index (κ2) is 7.34. The minimum absolute atomic E-state index is 0.612. The number of hydrogen-bond donors (Lipinski definition) is 1. The van der Waals surface area contributed by atoms with Crippen LogP contribution in [0.5, 0.6) is 0 Å². The van der Waals surface area contributed by atoms with E-state index in [0.717, 1.165) is 19.1 Å². The molecule has 0 spiro atoms. The highest BCUT2D eigenvalue weighted by molar-refractivity contribution is 4.86. The molecule has 1 aliphatic heterocycles. The third kappa shape index (κ3) is 4.94. The van der Waals surface area contributed by atoms with Crippen molar-refractivity contribution in [2.24, 2.45) is 5.92 Å². The lowest BCUT2D eigenvalue weighted by molar-refractivity contribution is 0.156. The summed E-state index contributed by atoms with van der Waals surface area (Å²) in [5.41, 5.74) is 0. The normalized spacial score (nSPS) is 23.8. The Bertz CT molecular complexity index is 200. The standard InChI is InChI=1S/C14H28N2O/c1-17-12-14(13-6-7-13)15-8-5-11-16-9-3-2-4-10-16/h13-15H,2-12H2,1H3. The van der Waals surface area contributed by atoms with Gasteiger partial charge in [-0.25, -0.2) is 0 Å². The molecular formula is C14H28N2O. The molecule has 100 valence electrons. The van der Waals surface area contributed by atoms with Crippen LogP contribution in [0.25, 0.3) is 0 Å². The van der Waals surface area contributed by atoms with Gasteiger partial charge in [0.25, 0.3) is 0 Å². The maximum absolute atomic E-state index is 5.28. The predicted molar refractivity (Wildman–Crippen MR) is 71.3 cm³/mol. The first-order valence-corrected chi connectivity index (χ1v) is 7.35. The number of piperidine rings is 1. The van der Waals surface area contributed by atoms with Crippen LogP contribution in [0.1, 0.15) is 38.5 Å². The molecule has 1 unspecified atom stereocenters. The van der Waals surface area contributed by atoms with Gasteiger partial charge in [-0.05, 0) is 64.2 Å². The Labute approximate surface area is 106 Å². The molecule has 1 saturated carbocycles. The molecular weight excluding hydrogens is 212 g/mol. The first-order valence-electron chi connectivity index (χ1n) is 7.35. The van der Waals surface area contributed by atoms with E-state index < -0.39 is 0 Å². The molecule has 0 radical (unpaired) electrons. The van der Waals surface area contributed by atoms with Crippen LogP contribution < -0.4 is 5.32 Å². The Balaban J connectivity index is 1.51. The van der Waals surface area contributed by atoms with Crippen molar-refractivity contribution in [1.82, 2.24) is 10.2 Å². The minimum Gasteiger partial charge on any atom is -0.383 e. The summed E-state index contributed by atoms with van der Waals surface area (Å²) < 4.78 is 5.28. The van der Waals surface area contributed by atoms with E-state index in [2.05, 4.69) is 10.2 Å². The first kappa shape index (κ1) is 13.3. The monoisotopic (exact) mass is 240 g/mol. The Morgan fingerprint density at radius 3 is 2.65 bits per heavy atom. The number of likely N-dealkylation sites (tertiary alicyclic amines) is 1. The number of nitrogens with one attached hydrogen (secondary N) is 1. The van der Waals surface area contributed by atoms with Crippen molar-refractivity contribution >= 4 is 0 Å². The van der Waals surface area contributed by atoms with Gasteiger partial charge in [0.1, 0.15) is 0 Å². The lowest BCUT2D eigenvalue weighted by atomic mass is 10.1. The first-order chi connectivity index (χ1) is 8.40. The minimum atomic E-state index is 0.612. The molecule has 17 heavy (non-hydrogen) atoms. The van der Waals surface area contributed by atoms with Gasteiger partial charge in [0, 0.05) is 13.2 Å².